The van der Waals surface area contributed by atoms with Crippen molar-refractivity contribution in [3.8, 4) is 0 Å². The number of aliphatic carboxylic acids is 1. The highest BCUT2D eigenvalue weighted by molar-refractivity contribution is 5.73. The van der Waals surface area contributed by atoms with E-state index >= 15 is 0 Å². The van der Waals surface area contributed by atoms with Crippen LogP contribution in [0.4, 0.5) is 0 Å². The quantitative estimate of drug-likeness (QED) is 0.626. The van der Waals surface area contributed by atoms with Crippen molar-refractivity contribution in [2.45, 2.75) is 12.5 Å². The molecule has 0 aliphatic heterocycles. The van der Waals surface area contributed by atoms with E-state index < -0.39 is 12.0 Å². The lowest BCUT2D eigenvalue weighted by atomic mass is 10.1. The number of rotatable bonds is 3. The predicted molar refractivity (Wildman–Crippen MR) is 54.5 cm³/mol. The summed E-state index contributed by atoms with van der Waals surface area (Å²) in [5, 5.41) is 15.4. The van der Waals surface area contributed by atoms with E-state index in [9.17, 15) is 4.79 Å². The number of hydrogen-bond acceptors (Lipinski definition) is 3. The SMILES string of the molecule is NC(Cc1ccccc1)C(=O)O.O=CO. The minimum absolute atomic E-state index is 0.250. The van der Waals surface area contributed by atoms with Gasteiger partial charge in [0.05, 0.1) is 0 Å². The third-order valence-electron chi connectivity index (χ3n) is 1.62. The minimum atomic E-state index is -0.959. The molecule has 0 bridgehead atoms. The second-order valence-corrected chi connectivity index (χ2v) is 2.74. The van der Waals surface area contributed by atoms with E-state index in [1.807, 2.05) is 30.3 Å². The van der Waals surface area contributed by atoms with Crippen molar-refractivity contribution in [3.63, 3.8) is 0 Å². The summed E-state index contributed by atoms with van der Waals surface area (Å²) in [7, 11) is 0. The molecule has 4 N–H and O–H groups in total. The first-order chi connectivity index (χ1) is 7.11. The fraction of sp³-hybridized carbons (Fsp3) is 0.200. The van der Waals surface area contributed by atoms with Gasteiger partial charge in [0.2, 0.25) is 0 Å². The number of benzene rings is 1. The van der Waals surface area contributed by atoms with Crippen LogP contribution >= 0.6 is 0 Å². The maximum Gasteiger partial charge on any atom is 0.320 e. The molecule has 0 heterocycles. The minimum Gasteiger partial charge on any atom is -0.483 e. The van der Waals surface area contributed by atoms with Crippen LogP contribution in [0.2, 0.25) is 0 Å². The lowest BCUT2D eigenvalue weighted by Crippen LogP contribution is -2.32. The smallest absolute Gasteiger partial charge is 0.320 e. The predicted octanol–water partition coefficient (Wildman–Crippen LogP) is 0.342. The van der Waals surface area contributed by atoms with Crippen LogP contribution in [0.15, 0.2) is 30.3 Å². The molecular weight excluding hydrogens is 198 g/mol. The largest absolute Gasteiger partial charge is 0.483 e. The van der Waals surface area contributed by atoms with Crippen LogP contribution in [0.5, 0.6) is 0 Å². The molecule has 1 aromatic rings. The van der Waals surface area contributed by atoms with E-state index in [0.717, 1.165) is 5.56 Å². The van der Waals surface area contributed by atoms with Crippen molar-refractivity contribution in [2.24, 2.45) is 5.73 Å². The average Bonchev–Trinajstić information content (AvgIpc) is 2.20. The van der Waals surface area contributed by atoms with Crippen molar-refractivity contribution in [1.82, 2.24) is 0 Å². The normalized spacial score (nSPS) is 10.7. The van der Waals surface area contributed by atoms with Gasteiger partial charge in [-0.05, 0) is 12.0 Å². The number of nitrogens with two attached hydrogens (primary N) is 1. The molecule has 1 aromatic carbocycles. The standard InChI is InChI=1S/C9H11NO2.CH2O2/c10-8(9(11)12)6-7-4-2-1-3-5-7;2-1-3/h1-5,8H,6,10H2,(H,11,12);1H,(H,2,3). The van der Waals surface area contributed by atoms with E-state index in [0.29, 0.717) is 6.42 Å². The lowest BCUT2D eigenvalue weighted by molar-refractivity contribution is -0.138. The van der Waals surface area contributed by atoms with Crippen LogP contribution in [-0.2, 0) is 16.0 Å². The number of hydrogen-bond donors (Lipinski definition) is 3. The highest BCUT2D eigenvalue weighted by Gasteiger charge is 2.10. The first kappa shape index (κ1) is 13.1. The van der Waals surface area contributed by atoms with E-state index in [2.05, 4.69) is 0 Å². The van der Waals surface area contributed by atoms with Gasteiger partial charge in [-0.15, -0.1) is 0 Å². The fourth-order valence-corrected chi connectivity index (χ4v) is 0.955. The van der Waals surface area contributed by atoms with E-state index in [1.54, 1.807) is 0 Å². The topological polar surface area (TPSA) is 101 Å². The molecule has 5 heteroatoms. The third-order valence-corrected chi connectivity index (χ3v) is 1.62. The molecule has 0 saturated carbocycles. The Morgan fingerprint density at radius 3 is 2.27 bits per heavy atom. The Bertz CT molecular complexity index is 300. The molecular formula is C10H13NO4. The first-order valence-electron chi connectivity index (χ1n) is 4.22. The zero-order valence-electron chi connectivity index (χ0n) is 8.04. The molecule has 0 fully saturated rings. The van der Waals surface area contributed by atoms with E-state index in [-0.39, 0.29) is 6.47 Å². The lowest BCUT2D eigenvalue weighted by Gasteiger charge is -2.04. The van der Waals surface area contributed by atoms with E-state index in [4.69, 9.17) is 20.7 Å². The van der Waals surface area contributed by atoms with Crippen molar-refractivity contribution in [1.29, 1.82) is 0 Å². The van der Waals surface area contributed by atoms with Gasteiger partial charge in [-0.2, -0.15) is 0 Å². The Morgan fingerprint density at radius 2 is 1.87 bits per heavy atom. The second kappa shape index (κ2) is 7.52. The van der Waals surface area contributed by atoms with Crippen LogP contribution in [0.3, 0.4) is 0 Å². The van der Waals surface area contributed by atoms with Gasteiger partial charge in [0.1, 0.15) is 6.04 Å². The number of carboxylic acids is 1. The summed E-state index contributed by atoms with van der Waals surface area (Å²) in [6.45, 7) is -0.250. The zero-order valence-corrected chi connectivity index (χ0v) is 8.04. The highest BCUT2D eigenvalue weighted by Crippen LogP contribution is 2.01. The molecule has 0 aliphatic rings. The summed E-state index contributed by atoms with van der Waals surface area (Å²) in [4.78, 5) is 18.7. The molecule has 0 amide bonds. The van der Waals surface area contributed by atoms with Gasteiger partial charge in [-0.3, -0.25) is 9.59 Å². The summed E-state index contributed by atoms with van der Waals surface area (Å²) < 4.78 is 0. The molecule has 1 unspecified atom stereocenters. The van der Waals surface area contributed by atoms with Crippen molar-refractivity contribution in [3.05, 3.63) is 35.9 Å². The van der Waals surface area contributed by atoms with Gasteiger partial charge < -0.3 is 15.9 Å². The van der Waals surface area contributed by atoms with Crippen LogP contribution in [-0.4, -0.2) is 28.7 Å². The van der Waals surface area contributed by atoms with Gasteiger partial charge in [-0.25, -0.2) is 0 Å². The van der Waals surface area contributed by atoms with Crippen LogP contribution < -0.4 is 5.73 Å². The fourth-order valence-electron chi connectivity index (χ4n) is 0.955. The first-order valence-corrected chi connectivity index (χ1v) is 4.22. The summed E-state index contributed by atoms with van der Waals surface area (Å²) >= 11 is 0. The highest BCUT2D eigenvalue weighted by atomic mass is 16.4. The van der Waals surface area contributed by atoms with Gasteiger partial charge in [-0.1, -0.05) is 30.3 Å². The Labute approximate surface area is 87.1 Å². The third kappa shape index (κ3) is 6.23. The molecule has 5 nitrogen and oxygen atoms in total. The Morgan fingerprint density at radius 1 is 1.40 bits per heavy atom. The molecule has 0 spiro atoms. The Kier molecular flexibility index (Phi) is 6.57. The molecule has 82 valence electrons. The summed E-state index contributed by atoms with van der Waals surface area (Å²) in [6, 6.07) is 8.54. The molecule has 1 rings (SSSR count). The monoisotopic (exact) mass is 211 g/mol. The van der Waals surface area contributed by atoms with Gasteiger partial charge in [0.25, 0.3) is 6.47 Å². The van der Waals surface area contributed by atoms with Gasteiger partial charge in [0, 0.05) is 0 Å². The van der Waals surface area contributed by atoms with Gasteiger partial charge in [0.15, 0.2) is 0 Å². The molecule has 0 aromatic heterocycles. The molecule has 0 saturated heterocycles. The molecule has 0 radical (unpaired) electrons. The number of carbonyl (C=O) groups is 2. The van der Waals surface area contributed by atoms with Crippen LogP contribution in [0.25, 0.3) is 0 Å². The van der Waals surface area contributed by atoms with Crippen molar-refractivity contribution in [2.75, 3.05) is 0 Å². The summed E-state index contributed by atoms with van der Waals surface area (Å²) in [6.07, 6.45) is 0.385. The second-order valence-electron chi connectivity index (χ2n) is 2.74. The average molecular weight is 211 g/mol. The summed E-state index contributed by atoms with van der Waals surface area (Å²) in [5.41, 5.74) is 6.30. The molecule has 1 atom stereocenters. The van der Waals surface area contributed by atoms with Crippen LogP contribution in [0.1, 0.15) is 5.56 Å². The molecule has 0 aliphatic carbocycles. The maximum atomic E-state index is 10.4. The Hall–Kier alpha value is -1.88. The molecule has 15 heavy (non-hydrogen) atoms. The van der Waals surface area contributed by atoms with Crippen molar-refractivity contribution < 1.29 is 19.8 Å². The summed E-state index contributed by atoms with van der Waals surface area (Å²) in [5.74, 6) is -0.959. The van der Waals surface area contributed by atoms with Crippen molar-refractivity contribution >= 4 is 12.4 Å². The van der Waals surface area contributed by atoms with Crippen LogP contribution in [0, 0.1) is 0 Å². The maximum absolute atomic E-state index is 10.4. The number of carboxylic acid groups (broad SMARTS) is 2. The van der Waals surface area contributed by atoms with E-state index in [1.165, 1.54) is 0 Å². The van der Waals surface area contributed by atoms with Gasteiger partial charge >= 0.3 is 5.97 Å². The zero-order chi connectivity index (χ0) is 11.7. The Balaban J connectivity index is 0.000000583.